The molecule has 138 valence electrons. The number of nitrogens with zero attached hydrogens (tertiary/aromatic N) is 2. The van der Waals surface area contributed by atoms with Crippen LogP contribution in [0, 0.1) is 5.92 Å². The van der Waals surface area contributed by atoms with Gasteiger partial charge in [-0.2, -0.15) is 0 Å². The zero-order valence-corrected chi connectivity index (χ0v) is 15.6. The molecule has 0 fully saturated rings. The first-order valence-corrected chi connectivity index (χ1v) is 9.02. The summed E-state index contributed by atoms with van der Waals surface area (Å²) in [6.07, 6.45) is 10.2. The number of imidazole rings is 1. The van der Waals surface area contributed by atoms with Crippen LogP contribution in [0.2, 0.25) is 0 Å². The van der Waals surface area contributed by atoms with Crippen LogP contribution < -0.4 is 5.32 Å². The normalized spacial score (nSPS) is 13.5. The van der Waals surface area contributed by atoms with E-state index < -0.39 is 6.09 Å². The zero-order chi connectivity index (χ0) is 17.8. The van der Waals surface area contributed by atoms with Gasteiger partial charge in [0.2, 0.25) is 0 Å². The number of aromatic nitrogens is 2. The summed E-state index contributed by atoms with van der Waals surface area (Å²) in [4.78, 5) is 15.8. The number of rotatable bonds is 12. The lowest BCUT2D eigenvalue weighted by Crippen LogP contribution is -2.26. The highest BCUT2D eigenvalue weighted by atomic mass is 16.7. The molecule has 1 aromatic rings. The van der Waals surface area contributed by atoms with E-state index in [-0.39, 0.29) is 6.79 Å². The molecule has 1 aromatic heterocycles. The van der Waals surface area contributed by atoms with E-state index in [0.717, 1.165) is 31.4 Å². The predicted octanol–water partition coefficient (Wildman–Crippen LogP) is 3.92. The van der Waals surface area contributed by atoms with Crippen molar-refractivity contribution in [1.29, 1.82) is 0 Å². The van der Waals surface area contributed by atoms with Crippen LogP contribution in [0.5, 0.6) is 0 Å². The number of alkyl carbamates (subject to hydrolysis) is 1. The maximum atomic E-state index is 11.3. The van der Waals surface area contributed by atoms with Gasteiger partial charge in [-0.25, -0.2) is 9.78 Å². The van der Waals surface area contributed by atoms with Gasteiger partial charge in [0.15, 0.2) is 6.79 Å². The standard InChI is InChI=1S/C18H33N3O3/c1-5-8-17(6-2)21-12-16(20-13-21)11-15(3)9-7-10-19-18(22)24-14-23-4/h12-13,15,17H,5-11,14H2,1-4H3,(H,19,22). The Balaban J connectivity index is 2.26. The molecule has 1 rings (SSSR count). The summed E-state index contributed by atoms with van der Waals surface area (Å²) >= 11 is 0. The van der Waals surface area contributed by atoms with Gasteiger partial charge < -0.3 is 19.4 Å². The molecule has 0 aliphatic rings. The van der Waals surface area contributed by atoms with E-state index in [1.165, 1.54) is 20.0 Å². The summed E-state index contributed by atoms with van der Waals surface area (Å²) < 4.78 is 11.7. The van der Waals surface area contributed by atoms with Gasteiger partial charge in [-0.15, -0.1) is 0 Å². The molecule has 0 aliphatic carbocycles. The molecule has 0 bridgehead atoms. The van der Waals surface area contributed by atoms with Crippen LogP contribution in [0.3, 0.4) is 0 Å². The summed E-state index contributed by atoms with van der Waals surface area (Å²) in [7, 11) is 1.49. The van der Waals surface area contributed by atoms with Crippen LogP contribution in [0.25, 0.3) is 0 Å². The quantitative estimate of drug-likeness (QED) is 0.463. The average Bonchev–Trinajstić information content (AvgIpc) is 3.02. The Kier molecular flexibility index (Phi) is 10.2. The Labute approximate surface area is 145 Å². The lowest BCUT2D eigenvalue weighted by Gasteiger charge is -2.15. The smallest absolute Gasteiger partial charge is 0.409 e. The van der Waals surface area contributed by atoms with Gasteiger partial charge in [0.05, 0.1) is 12.0 Å². The SMILES string of the molecule is CCCC(CC)n1cnc(CC(C)CCCNC(=O)OCOC)c1. The fraction of sp³-hybridized carbons (Fsp3) is 0.778. The molecule has 0 saturated heterocycles. The third kappa shape index (κ3) is 7.81. The van der Waals surface area contributed by atoms with Gasteiger partial charge in [0.1, 0.15) is 0 Å². The molecule has 0 aromatic carbocycles. The van der Waals surface area contributed by atoms with Gasteiger partial charge in [-0.05, 0) is 38.0 Å². The number of methoxy groups -OCH3 is 1. The van der Waals surface area contributed by atoms with Crippen LogP contribution >= 0.6 is 0 Å². The van der Waals surface area contributed by atoms with E-state index in [1.807, 2.05) is 6.33 Å². The number of nitrogens with one attached hydrogen (secondary N) is 1. The first kappa shape index (κ1) is 20.5. The molecule has 2 unspecified atom stereocenters. The van der Waals surface area contributed by atoms with Crippen LogP contribution in [0.1, 0.15) is 64.6 Å². The molecular weight excluding hydrogens is 306 g/mol. The van der Waals surface area contributed by atoms with Crippen molar-refractivity contribution in [1.82, 2.24) is 14.9 Å². The summed E-state index contributed by atoms with van der Waals surface area (Å²) in [5.74, 6) is 0.538. The fourth-order valence-corrected chi connectivity index (χ4v) is 2.85. The molecule has 0 spiro atoms. The highest BCUT2D eigenvalue weighted by Crippen LogP contribution is 2.19. The van der Waals surface area contributed by atoms with Gasteiger partial charge >= 0.3 is 6.09 Å². The molecule has 0 aliphatic heterocycles. The van der Waals surface area contributed by atoms with E-state index in [1.54, 1.807) is 0 Å². The van der Waals surface area contributed by atoms with Crippen molar-refractivity contribution in [3.63, 3.8) is 0 Å². The minimum absolute atomic E-state index is 0.0122. The van der Waals surface area contributed by atoms with Crippen molar-refractivity contribution < 1.29 is 14.3 Å². The molecule has 0 saturated carbocycles. The first-order chi connectivity index (χ1) is 11.6. The van der Waals surface area contributed by atoms with E-state index in [2.05, 4.69) is 46.6 Å². The number of ether oxygens (including phenoxy) is 2. The fourth-order valence-electron chi connectivity index (χ4n) is 2.85. The van der Waals surface area contributed by atoms with Crippen molar-refractivity contribution in [2.45, 2.75) is 65.3 Å². The minimum atomic E-state index is -0.426. The average molecular weight is 339 g/mol. The Morgan fingerprint density at radius 1 is 1.38 bits per heavy atom. The van der Waals surface area contributed by atoms with E-state index >= 15 is 0 Å². The Bertz CT molecular complexity index is 462. The number of amides is 1. The molecule has 1 amide bonds. The largest absolute Gasteiger partial charge is 0.422 e. The van der Waals surface area contributed by atoms with Crippen molar-refractivity contribution in [3.8, 4) is 0 Å². The minimum Gasteiger partial charge on any atom is -0.422 e. The maximum Gasteiger partial charge on any atom is 0.409 e. The topological polar surface area (TPSA) is 65.4 Å². The second kappa shape index (κ2) is 11.9. The van der Waals surface area contributed by atoms with Gasteiger partial charge in [0.25, 0.3) is 0 Å². The highest BCUT2D eigenvalue weighted by molar-refractivity contribution is 5.66. The Morgan fingerprint density at radius 2 is 2.17 bits per heavy atom. The summed E-state index contributed by atoms with van der Waals surface area (Å²) in [6, 6.07) is 0.564. The second-order valence-electron chi connectivity index (χ2n) is 6.38. The summed E-state index contributed by atoms with van der Waals surface area (Å²) in [5, 5.41) is 2.72. The number of hydrogen-bond acceptors (Lipinski definition) is 4. The van der Waals surface area contributed by atoms with Crippen LogP contribution in [0.4, 0.5) is 4.79 Å². The van der Waals surface area contributed by atoms with Crippen LogP contribution in [-0.2, 0) is 15.9 Å². The molecule has 24 heavy (non-hydrogen) atoms. The molecule has 1 heterocycles. The monoisotopic (exact) mass is 339 g/mol. The van der Waals surface area contributed by atoms with E-state index in [0.29, 0.717) is 18.5 Å². The van der Waals surface area contributed by atoms with Crippen molar-refractivity contribution >= 4 is 6.09 Å². The molecule has 2 atom stereocenters. The second-order valence-corrected chi connectivity index (χ2v) is 6.38. The summed E-state index contributed by atoms with van der Waals surface area (Å²) in [5.41, 5.74) is 1.16. The van der Waals surface area contributed by atoms with Crippen molar-refractivity contribution in [2.24, 2.45) is 5.92 Å². The van der Waals surface area contributed by atoms with Crippen LogP contribution in [-0.4, -0.2) is 36.1 Å². The molecule has 6 nitrogen and oxygen atoms in total. The third-order valence-electron chi connectivity index (χ3n) is 4.18. The van der Waals surface area contributed by atoms with Crippen molar-refractivity contribution in [3.05, 3.63) is 18.2 Å². The van der Waals surface area contributed by atoms with E-state index in [4.69, 9.17) is 4.74 Å². The number of hydrogen-bond donors (Lipinski definition) is 1. The predicted molar refractivity (Wildman–Crippen MR) is 94.9 cm³/mol. The lowest BCUT2D eigenvalue weighted by atomic mass is 10.0. The third-order valence-corrected chi connectivity index (χ3v) is 4.18. The number of carbonyl (C=O) groups excluding carboxylic acids is 1. The zero-order valence-electron chi connectivity index (χ0n) is 15.6. The molecular formula is C18H33N3O3. The van der Waals surface area contributed by atoms with E-state index in [9.17, 15) is 4.79 Å². The maximum absolute atomic E-state index is 11.3. The molecule has 1 N–H and O–H groups in total. The highest BCUT2D eigenvalue weighted by Gasteiger charge is 2.11. The lowest BCUT2D eigenvalue weighted by molar-refractivity contribution is 0.0120. The van der Waals surface area contributed by atoms with Crippen LogP contribution in [0.15, 0.2) is 12.5 Å². The first-order valence-electron chi connectivity index (χ1n) is 9.02. The summed E-state index contributed by atoms with van der Waals surface area (Å²) in [6.45, 7) is 7.29. The Morgan fingerprint density at radius 3 is 2.83 bits per heavy atom. The van der Waals surface area contributed by atoms with Gasteiger partial charge in [0, 0.05) is 25.9 Å². The van der Waals surface area contributed by atoms with Crippen molar-refractivity contribution in [2.75, 3.05) is 20.4 Å². The molecule has 6 heteroatoms. The van der Waals surface area contributed by atoms with Gasteiger partial charge in [-0.3, -0.25) is 0 Å². The Hall–Kier alpha value is -1.56. The van der Waals surface area contributed by atoms with Gasteiger partial charge in [-0.1, -0.05) is 27.2 Å². The molecule has 0 radical (unpaired) electrons. The number of carbonyl (C=O) groups is 1.